The Labute approximate surface area is 156 Å². The smallest absolute Gasteiger partial charge is 0.252 e. The van der Waals surface area contributed by atoms with Crippen molar-refractivity contribution in [2.45, 2.75) is 23.7 Å². The highest BCUT2D eigenvalue weighted by Gasteiger charge is 2.20. The number of sulfonamides is 1. The highest BCUT2D eigenvalue weighted by molar-refractivity contribution is 7.91. The van der Waals surface area contributed by atoms with E-state index in [0.717, 1.165) is 27.2 Å². The van der Waals surface area contributed by atoms with Crippen LogP contribution < -0.4 is 5.32 Å². The average Bonchev–Trinajstić information content (AvgIpc) is 3.26. The average molecular weight is 393 g/mol. The van der Waals surface area contributed by atoms with E-state index in [2.05, 4.69) is 10.3 Å². The summed E-state index contributed by atoms with van der Waals surface area (Å²) in [6, 6.07) is 10.5. The Morgan fingerprint density at radius 2 is 2.00 bits per heavy atom. The van der Waals surface area contributed by atoms with Crippen LogP contribution in [-0.2, 0) is 21.4 Å². The van der Waals surface area contributed by atoms with E-state index in [1.165, 1.54) is 18.4 Å². The van der Waals surface area contributed by atoms with Crippen molar-refractivity contribution < 1.29 is 13.2 Å². The van der Waals surface area contributed by atoms with Crippen molar-refractivity contribution >= 4 is 38.3 Å². The molecule has 2 heterocycles. The van der Waals surface area contributed by atoms with Crippen molar-refractivity contribution in [3.05, 3.63) is 47.6 Å². The Balaban J connectivity index is 1.68. The lowest BCUT2D eigenvalue weighted by Gasteiger charge is -2.14. The van der Waals surface area contributed by atoms with Crippen LogP contribution in [-0.4, -0.2) is 42.3 Å². The van der Waals surface area contributed by atoms with Gasteiger partial charge in [-0.15, -0.1) is 11.3 Å². The molecular weight excluding hydrogens is 372 g/mol. The fourth-order valence-electron chi connectivity index (χ4n) is 2.51. The van der Waals surface area contributed by atoms with Gasteiger partial charge in [0.05, 0.1) is 23.9 Å². The molecule has 0 unspecified atom stereocenters. The van der Waals surface area contributed by atoms with Crippen molar-refractivity contribution in [1.82, 2.24) is 19.2 Å². The number of rotatable bonds is 6. The van der Waals surface area contributed by atoms with E-state index < -0.39 is 16.1 Å². The fourth-order valence-corrected chi connectivity index (χ4v) is 4.97. The van der Waals surface area contributed by atoms with Gasteiger partial charge in [0.2, 0.25) is 5.91 Å². The van der Waals surface area contributed by atoms with Crippen LogP contribution in [0.15, 0.2) is 46.9 Å². The molecule has 1 amide bonds. The lowest BCUT2D eigenvalue weighted by molar-refractivity contribution is -0.123. The number of carbonyl (C=O) groups excluding carboxylic acids is 1. The molecule has 3 rings (SSSR count). The summed E-state index contributed by atoms with van der Waals surface area (Å²) >= 11 is 1.16. The second-order valence-corrected chi connectivity index (χ2v) is 9.59. The molecule has 7 nitrogen and oxygen atoms in total. The Morgan fingerprint density at radius 3 is 2.73 bits per heavy atom. The first kappa shape index (κ1) is 18.6. The van der Waals surface area contributed by atoms with Gasteiger partial charge in [-0.2, -0.15) is 0 Å². The largest absolute Gasteiger partial charge is 0.349 e. The number of benzene rings is 1. The number of amides is 1. The minimum atomic E-state index is -3.44. The Hall–Kier alpha value is -2.23. The SMILES string of the molecule is C[C@H](C(=O)NCc1ccc(S(=O)(=O)N(C)C)s1)n1cnc2ccccc21. The third-order valence-corrected chi connectivity index (χ3v) is 7.45. The Morgan fingerprint density at radius 1 is 1.27 bits per heavy atom. The van der Waals surface area contributed by atoms with Crippen molar-refractivity contribution in [2.24, 2.45) is 0 Å². The second kappa shape index (κ2) is 7.18. The molecule has 0 saturated heterocycles. The van der Waals surface area contributed by atoms with Gasteiger partial charge in [0.15, 0.2) is 0 Å². The van der Waals surface area contributed by atoms with E-state index in [4.69, 9.17) is 0 Å². The number of hydrogen-bond donors (Lipinski definition) is 1. The van der Waals surface area contributed by atoms with Crippen LogP contribution >= 0.6 is 11.3 Å². The molecule has 0 aliphatic heterocycles. The zero-order valence-corrected chi connectivity index (χ0v) is 16.3. The molecule has 138 valence electrons. The summed E-state index contributed by atoms with van der Waals surface area (Å²) in [5, 5.41) is 2.86. The number of para-hydroxylation sites is 2. The van der Waals surface area contributed by atoms with Gasteiger partial charge in [0.25, 0.3) is 10.0 Å². The highest BCUT2D eigenvalue weighted by atomic mass is 32.2. The molecule has 0 saturated carbocycles. The number of carbonyl (C=O) groups is 1. The molecule has 1 atom stereocenters. The summed E-state index contributed by atoms with van der Waals surface area (Å²) < 4.78 is 27.5. The first-order chi connectivity index (χ1) is 12.3. The van der Waals surface area contributed by atoms with Gasteiger partial charge in [-0.1, -0.05) is 12.1 Å². The van der Waals surface area contributed by atoms with Gasteiger partial charge in [-0.25, -0.2) is 17.7 Å². The molecular formula is C17H20N4O3S2. The van der Waals surface area contributed by atoms with E-state index in [-0.39, 0.29) is 16.7 Å². The van der Waals surface area contributed by atoms with Gasteiger partial charge >= 0.3 is 0 Å². The fraction of sp³-hybridized carbons (Fsp3) is 0.294. The molecule has 26 heavy (non-hydrogen) atoms. The maximum Gasteiger partial charge on any atom is 0.252 e. The Bertz CT molecular complexity index is 1040. The number of aromatic nitrogens is 2. The summed E-state index contributed by atoms with van der Waals surface area (Å²) in [5.41, 5.74) is 1.73. The number of nitrogens with one attached hydrogen (secondary N) is 1. The molecule has 0 aliphatic carbocycles. The van der Waals surface area contributed by atoms with Crippen LogP contribution in [0.4, 0.5) is 0 Å². The molecule has 9 heteroatoms. The predicted octanol–water partition coefficient (Wildman–Crippen LogP) is 2.23. The van der Waals surface area contributed by atoms with E-state index in [1.807, 2.05) is 28.8 Å². The zero-order chi connectivity index (χ0) is 18.9. The van der Waals surface area contributed by atoms with E-state index in [9.17, 15) is 13.2 Å². The highest BCUT2D eigenvalue weighted by Crippen LogP contribution is 2.24. The minimum Gasteiger partial charge on any atom is -0.349 e. The monoisotopic (exact) mass is 392 g/mol. The van der Waals surface area contributed by atoms with Crippen molar-refractivity contribution in [1.29, 1.82) is 0 Å². The number of imidazole rings is 1. The van der Waals surface area contributed by atoms with Crippen molar-refractivity contribution in [2.75, 3.05) is 14.1 Å². The zero-order valence-electron chi connectivity index (χ0n) is 14.7. The van der Waals surface area contributed by atoms with Crippen LogP contribution in [0.5, 0.6) is 0 Å². The first-order valence-corrected chi connectivity index (χ1v) is 10.3. The number of nitrogens with zero attached hydrogens (tertiary/aromatic N) is 3. The van der Waals surface area contributed by atoms with Crippen LogP contribution in [0.25, 0.3) is 11.0 Å². The van der Waals surface area contributed by atoms with E-state index in [0.29, 0.717) is 0 Å². The number of hydrogen-bond acceptors (Lipinski definition) is 5. The van der Waals surface area contributed by atoms with Crippen LogP contribution in [0.3, 0.4) is 0 Å². The molecule has 2 aromatic heterocycles. The molecule has 0 spiro atoms. The maximum absolute atomic E-state index is 12.5. The summed E-state index contributed by atoms with van der Waals surface area (Å²) in [6.07, 6.45) is 1.65. The number of fused-ring (bicyclic) bond motifs is 1. The molecule has 0 fully saturated rings. The third kappa shape index (κ3) is 3.50. The van der Waals surface area contributed by atoms with Crippen molar-refractivity contribution in [3.63, 3.8) is 0 Å². The summed E-state index contributed by atoms with van der Waals surface area (Å²) in [6.45, 7) is 2.09. The van der Waals surface area contributed by atoms with Gasteiger partial charge < -0.3 is 9.88 Å². The van der Waals surface area contributed by atoms with Gasteiger partial charge in [-0.05, 0) is 31.2 Å². The van der Waals surface area contributed by atoms with E-state index >= 15 is 0 Å². The van der Waals surface area contributed by atoms with Crippen LogP contribution in [0, 0.1) is 0 Å². The predicted molar refractivity (Wildman–Crippen MR) is 101 cm³/mol. The molecule has 1 aromatic carbocycles. The third-order valence-electron chi connectivity index (χ3n) is 4.09. The molecule has 0 radical (unpaired) electrons. The van der Waals surface area contributed by atoms with Crippen LogP contribution in [0.1, 0.15) is 17.8 Å². The summed E-state index contributed by atoms with van der Waals surface area (Å²) in [4.78, 5) is 17.6. The normalized spacial score (nSPS) is 13.2. The first-order valence-electron chi connectivity index (χ1n) is 8.01. The lowest BCUT2D eigenvalue weighted by atomic mass is 10.2. The molecule has 0 bridgehead atoms. The quantitative estimate of drug-likeness (QED) is 0.697. The van der Waals surface area contributed by atoms with Gasteiger partial charge in [0, 0.05) is 19.0 Å². The lowest BCUT2D eigenvalue weighted by Crippen LogP contribution is -2.30. The molecule has 1 N–H and O–H groups in total. The van der Waals surface area contributed by atoms with Gasteiger partial charge in [-0.3, -0.25) is 4.79 Å². The van der Waals surface area contributed by atoms with Gasteiger partial charge in [0.1, 0.15) is 10.3 Å². The summed E-state index contributed by atoms with van der Waals surface area (Å²) in [7, 11) is -0.457. The topological polar surface area (TPSA) is 84.3 Å². The second-order valence-electron chi connectivity index (χ2n) is 6.04. The Kier molecular flexibility index (Phi) is 5.12. The van der Waals surface area contributed by atoms with Crippen LogP contribution in [0.2, 0.25) is 0 Å². The molecule has 0 aliphatic rings. The summed E-state index contributed by atoms with van der Waals surface area (Å²) in [5.74, 6) is -0.154. The standard InChI is InChI=1S/C17H20N4O3S2/c1-12(21-11-19-14-6-4-5-7-15(14)21)17(22)18-10-13-8-9-16(25-13)26(23,24)20(2)3/h4-9,11-12H,10H2,1-3H3,(H,18,22)/t12-/m1/s1. The number of thiophene rings is 1. The minimum absolute atomic E-state index is 0.154. The molecule has 3 aromatic rings. The maximum atomic E-state index is 12.5. The van der Waals surface area contributed by atoms with E-state index in [1.54, 1.807) is 25.4 Å². The van der Waals surface area contributed by atoms with Crippen molar-refractivity contribution in [3.8, 4) is 0 Å².